The summed E-state index contributed by atoms with van der Waals surface area (Å²) in [7, 11) is -3.75. The largest absolute Gasteiger partial charge is 0.271 e. The smallest absolute Gasteiger partial charge is 0.260 e. The summed E-state index contributed by atoms with van der Waals surface area (Å²) < 4.78 is 25.3. The third kappa shape index (κ3) is 6.72. The van der Waals surface area contributed by atoms with Crippen LogP contribution in [0.5, 0.6) is 0 Å². The molecule has 0 aliphatic carbocycles. The van der Waals surface area contributed by atoms with E-state index in [0.29, 0.717) is 5.71 Å². The third-order valence-corrected chi connectivity index (χ3v) is 5.92. The average Bonchev–Trinajstić information content (AvgIpc) is 2.61. The number of nitrogens with zero attached hydrogens (tertiary/aromatic N) is 2. The Hall–Kier alpha value is -2.09. The van der Waals surface area contributed by atoms with Gasteiger partial charge in [-0.25, -0.2) is 13.8 Å². The standard InChI is InChI=1S/C21H25Cl2N3O3S/c1-14(15-6-8-16(9-7-15)21(2,3)4)24-25-20(27)13-26(30(5,28)29)19-11-17(22)10-18(23)12-19/h6-12H,13H2,1-5H3,(H,25,27)/b24-14-. The lowest BCUT2D eigenvalue weighted by Gasteiger charge is -2.22. The molecule has 0 spiro atoms. The number of hydrazone groups is 1. The highest BCUT2D eigenvalue weighted by Crippen LogP contribution is 2.27. The summed E-state index contributed by atoms with van der Waals surface area (Å²) in [4.78, 5) is 12.4. The van der Waals surface area contributed by atoms with Crippen molar-refractivity contribution in [2.75, 3.05) is 17.1 Å². The van der Waals surface area contributed by atoms with E-state index in [9.17, 15) is 13.2 Å². The molecule has 30 heavy (non-hydrogen) atoms. The molecule has 0 saturated heterocycles. The van der Waals surface area contributed by atoms with Crippen LogP contribution in [0.15, 0.2) is 47.6 Å². The second-order valence-corrected chi connectivity index (χ2v) is 10.7. The zero-order valence-electron chi connectivity index (χ0n) is 17.5. The monoisotopic (exact) mass is 469 g/mol. The summed E-state index contributed by atoms with van der Waals surface area (Å²) in [6.45, 7) is 7.68. The maximum absolute atomic E-state index is 12.4. The Bertz CT molecular complexity index is 1040. The molecule has 0 fully saturated rings. The van der Waals surface area contributed by atoms with Crippen LogP contribution >= 0.6 is 23.2 Å². The van der Waals surface area contributed by atoms with Gasteiger partial charge in [0.05, 0.1) is 17.7 Å². The van der Waals surface area contributed by atoms with Crippen LogP contribution in [0.1, 0.15) is 38.8 Å². The molecule has 0 aromatic heterocycles. The number of carbonyl (C=O) groups excluding carboxylic acids is 1. The number of amides is 1. The molecule has 6 nitrogen and oxygen atoms in total. The summed E-state index contributed by atoms with van der Waals surface area (Å²) in [5.41, 5.74) is 5.28. The number of halogens is 2. The van der Waals surface area contributed by atoms with E-state index in [1.807, 2.05) is 24.3 Å². The van der Waals surface area contributed by atoms with Crippen LogP contribution in [0.2, 0.25) is 10.0 Å². The Morgan fingerprint density at radius 3 is 2.07 bits per heavy atom. The quantitative estimate of drug-likeness (QED) is 0.495. The number of hydrogen-bond acceptors (Lipinski definition) is 4. The van der Waals surface area contributed by atoms with Crippen LogP contribution in [0.3, 0.4) is 0 Å². The summed E-state index contributed by atoms with van der Waals surface area (Å²) in [5.74, 6) is -0.595. The highest BCUT2D eigenvalue weighted by atomic mass is 35.5. The molecule has 0 saturated carbocycles. The summed E-state index contributed by atoms with van der Waals surface area (Å²) in [6.07, 6.45) is 1.00. The van der Waals surface area contributed by atoms with Crippen LogP contribution in [-0.2, 0) is 20.2 Å². The zero-order valence-corrected chi connectivity index (χ0v) is 19.9. The first-order valence-corrected chi connectivity index (χ1v) is 11.8. The van der Waals surface area contributed by atoms with Gasteiger partial charge in [-0.2, -0.15) is 5.10 Å². The molecule has 0 aliphatic heterocycles. The minimum absolute atomic E-state index is 0.0378. The maximum Gasteiger partial charge on any atom is 0.260 e. The second kappa shape index (κ2) is 9.37. The van der Waals surface area contributed by atoms with Gasteiger partial charge in [-0.3, -0.25) is 9.10 Å². The molecule has 0 bridgehead atoms. The molecular weight excluding hydrogens is 445 g/mol. The molecule has 0 atom stereocenters. The predicted octanol–water partition coefficient (Wildman–Crippen LogP) is 4.60. The lowest BCUT2D eigenvalue weighted by atomic mass is 9.86. The zero-order chi connectivity index (χ0) is 22.7. The van der Waals surface area contributed by atoms with Gasteiger partial charge in [0.2, 0.25) is 10.0 Å². The van der Waals surface area contributed by atoms with E-state index >= 15 is 0 Å². The van der Waals surface area contributed by atoms with Gasteiger partial charge >= 0.3 is 0 Å². The van der Waals surface area contributed by atoms with Gasteiger partial charge in [-0.1, -0.05) is 68.2 Å². The third-order valence-electron chi connectivity index (χ3n) is 4.34. The summed E-state index contributed by atoms with van der Waals surface area (Å²) in [6, 6.07) is 12.2. The fourth-order valence-corrected chi connectivity index (χ4v) is 4.03. The molecule has 162 valence electrons. The highest BCUT2D eigenvalue weighted by Gasteiger charge is 2.21. The first-order valence-electron chi connectivity index (χ1n) is 9.15. The number of carbonyl (C=O) groups is 1. The lowest BCUT2D eigenvalue weighted by molar-refractivity contribution is -0.119. The fraction of sp³-hybridized carbons (Fsp3) is 0.333. The normalized spacial score (nSPS) is 12.6. The molecule has 1 amide bonds. The summed E-state index contributed by atoms with van der Waals surface area (Å²) in [5, 5.41) is 4.62. The molecule has 0 heterocycles. The molecule has 9 heteroatoms. The fourth-order valence-electron chi connectivity index (χ4n) is 2.67. The number of rotatable bonds is 6. The number of sulfonamides is 1. The number of benzene rings is 2. The van der Waals surface area contributed by atoms with E-state index in [0.717, 1.165) is 16.1 Å². The van der Waals surface area contributed by atoms with E-state index in [1.165, 1.54) is 23.8 Å². The van der Waals surface area contributed by atoms with Crippen LogP contribution in [0, 0.1) is 0 Å². The lowest BCUT2D eigenvalue weighted by Crippen LogP contribution is -2.39. The number of hydrogen-bond donors (Lipinski definition) is 1. The minimum atomic E-state index is -3.75. The Kier molecular flexibility index (Phi) is 7.55. The van der Waals surface area contributed by atoms with Crippen LogP contribution in [0.4, 0.5) is 5.69 Å². The molecule has 0 aliphatic rings. The Morgan fingerprint density at radius 1 is 1.07 bits per heavy atom. The van der Waals surface area contributed by atoms with Crippen molar-refractivity contribution < 1.29 is 13.2 Å². The van der Waals surface area contributed by atoms with Crippen LogP contribution in [0.25, 0.3) is 0 Å². The molecular formula is C21H25Cl2N3O3S. The van der Waals surface area contributed by atoms with Crippen molar-refractivity contribution in [1.29, 1.82) is 0 Å². The molecule has 0 radical (unpaired) electrons. The van der Waals surface area contributed by atoms with Gasteiger partial charge in [-0.05, 0) is 41.7 Å². The molecule has 2 rings (SSSR count). The van der Waals surface area contributed by atoms with Gasteiger partial charge in [0.1, 0.15) is 6.54 Å². The maximum atomic E-state index is 12.4. The highest BCUT2D eigenvalue weighted by molar-refractivity contribution is 7.92. The van der Waals surface area contributed by atoms with Crippen molar-refractivity contribution in [2.24, 2.45) is 5.10 Å². The number of nitrogens with one attached hydrogen (secondary N) is 1. The van der Waals surface area contributed by atoms with E-state index in [-0.39, 0.29) is 21.1 Å². The van der Waals surface area contributed by atoms with Crippen molar-refractivity contribution in [2.45, 2.75) is 33.1 Å². The second-order valence-electron chi connectivity index (χ2n) is 7.96. The first kappa shape index (κ1) is 24.2. The Balaban J connectivity index is 2.15. The molecule has 0 unspecified atom stereocenters. The Labute approximate surface area is 187 Å². The van der Waals surface area contributed by atoms with E-state index in [4.69, 9.17) is 23.2 Å². The van der Waals surface area contributed by atoms with Crippen molar-refractivity contribution >= 4 is 50.5 Å². The van der Waals surface area contributed by atoms with E-state index < -0.39 is 22.5 Å². The predicted molar refractivity (Wildman–Crippen MR) is 124 cm³/mol. The van der Waals surface area contributed by atoms with Crippen LogP contribution in [-0.4, -0.2) is 32.8 Å². The molecule has 2 aromatic rings. The Morgan fingerprint density at radius 2 is 1.60 bits per heavy atom. The van der Waals surface area contributed by atoms with Crippen molar-refractivity contribution in [3.8, 4) is 0 Å². The topological polar surface area (TPSA) is 78.8 Å². The van der Waals surface area contributed by atoms with E-state index in [2.05, 4.69) is 31.3 Å². The van der Waals surface area contributed by atoms with Crippen molar-refractivity contribution in [3.63, 3.8) is 0 Å². The van der Waals surface area contributed by atoms with E-state index in [1.54, 1.807) is 6.92 Å². The summed E-state index contributed by atoms with van der Waals surface area (Å²) >= 11 is 11.9. The van der Waals surface area contributed by atoms with Crippen molar-refractivity contribution in [1.82, 2.24) is 5.43 Å². The van der Waals surface area contributed by atoms with Gasteiger partial charge in [0, 0.05) is 10.0 Å². The van der Waals surface area contributed by atoms with Crippen LogP contribution < -0.4 is 9.73 Å². The van der Waals surface area contributed by atoms with Gasteiger partial charge < -0.3 is 0 Å². The van der Waals surface area contributed by atoms with Crippen molar-refractivity contribution in [3.05, 3.63) is 63.6 Å². The first-order chi connectivity index (χ1) is 13.8. The van der Waals surface area contributed by atoms with Gasteiger partial charge in [-0.15, -0.1) is 0 Å². The SMILES string of the molecule is C/C(=N/NC(=O)CN(c1cc(Cl)cc(Cl)c1)S(C)(=O)=O)c1ccc(C(C)(C)C)cc1. The minimum Gasteiger partial charge on any atom is -0.271 e. The van der Waals surface area contributed by atoms with Gasteiger partial charge in [0.25, 0.3) is 5.91 Å². The molecule has 2 aromatic carbocycles. The molecule has 1 N–H and O–H groups in total. The van der Waals surface area contributed by atoms with Gasteiger partial charge in [0.15, 0.2) is 0 Å². The number of anilines is 1. The average molecular weight is 470 g/mol.